The second-order valence-corrected chi connectivity index (χ2v) is 6.47. The molecule has 0 aliphatic heterocycles. The summed E-state index contributed by atoms with van der Waals surface area (Å²) in [6.07, 6.45) is 2.67. The third-order valence-electron chi connectivity index (χ3n) is 2.46. The van der Waals surface area contributed by atoms with E-state index in [0.29, 0.717) is 13.2 Å². The van der Waals surface area contributed by atoms with Gasteiger partial charge in [-0.3, -0.25) is 4.98 Å². The molecule has 0 saturated heterocycles. The molecular weight excluding hydrogens is 282 g/mol. The number of ether oxygens (including phenoxy) is 2. The van der Waals surface area contributed by atoms with Gasteiger partial charge in [-0.15, -0.1) is 0 Å². The average Bonchev–Trinajstić information content (AvgIpc) is 2.43. The summed E-state index contributed by atoms with van der Waals surface area (Å²) >= 11 is 0. The molecule has 0 aromatic carbocycles. The minimum atomic E-state index is 0.215. The summed E-state index contributed by atoms with van der Waals surface area (Å²) in [5, 5.41) is 8.72. The Bertz CT molecular complexity index is 333. The zero-order chi connectivity index (χ0) is 13.9. The molecule has 1 aromatic rings. The zero-order valence-electron chi connectivity index (χ0n) is 11.4. The quantitative estimate of drug-likeness (QED) is 0.530. The number of hydrogen-bond acceptors (Lipinski definition) is 6. The number of pyridine rings is 1. The third kappa shape index (κ3) is 6.51. The first-order valence-electron chi connectivity index (χ1n) is 6.21. The highest BCUT2D eigenvalue weighted by Crippen LogP contribution is 2.28. The second kappa shape index (κ2) is 10.4. The van der Waals surface area contributed by atoms with E-state index in [0.717, 1.165) is 34.9 Å². The van der Waals surface area contributed by atoms with Gasteiger partial charge in [0, 0.05) is 43.4 Å². The van der Waals surface area contributed by atoms with Crippen LogP contribution in [0.1, 0.15) is 17.7 Å². The van der Waals surface area contributed by atoms with Crippen LogP contribution in [0.25, 0.3) is 0 Å². The van der Waals surface area contributed by atoms with Crippen LogP contribution in [0.4, 0.5) is 0 Å². The van der Waals surface area contributed by atoms with Gasteiger partial charge in [0.15, 0.2) is 0 Å². The second-order valence-electron chi connectivity index (χ2n) is 3.88. The molecule has 6 heteroatoms. The number of rotatable bonds is 10. The minimum absolute atomic E-state index is 0.215. The van der Waals surface area contributed by atoms with Crippen molar-refractivity contribution in [2.75, 3.05) is 32.7 Å². The van der Waals surface area contributed by atoms with E-state index in [9.17, 15) is 0 Å². The molecule has 1 aromatic heterocycles. The zero-order valence-corrected chi connectivity index (χ0v) is 13.1. The van der Waals surface area contributed by atoms with Gasteiger partial charge in [-0.1, -0.05) is 21.6 Å². The Morgan fingerprint density at radius 2 is 2.16 bits per heavy atom. The predicted molar refractivity (Wildman–Crippen MR) is 81.8 cm³/mol. The monoisotopic (exact) mass is 303 g/mol. The summed E-state index contributed by atoms with van der Waals surface area (Å²) in [6.45, 7) is 3.62. The molecule has 0 saturated carbocycles. The normalized spacial score (nSPS) is 10.7. The fourth-order valence-electron chi connectivity index (χ4n) is 1.44. The molecule has 0 aliphatic carbocycles. The smallest absolute Gasteiger partial charge is 0.125 e. The number of aromatic nitrogens is 1. The Balaban J connectivity index is 2.44. The molecule has 0 bridgehead atoms. The van der Waals surface area contributed by atoms with Gasteiger partial charge in [0.1, 0.15) is 5.75 Å². The topological polar surface area (TPSA) is 51.6 Å². The van der Waals surface area contributed by atoms with Crippen LogP contribution in [0.3, 0.4) is 0 Å². The standard InChI is InChI=1S/C13H21NO3S2/c1-11-12(10-19-18-9-6-15)14-5-4-13(11)17-8-3-7-16-2/h4-5,15H,3,6-10H2,1-2H3. The summed E-state index contributed by atoms with van der Waals surface area (Å²) in [5.41, 5.74) is 2.14. The minimum Gasteiger partial charge on any atom is -0.493 e. The van der Waals surface area contributed by atoms with Gasteiger partial charge < -0.3 is 14.6 Å². The van der Waals surface area contributed by atoms with E-state index in [1.54, 1.807) is 34.9 Å². The number of aliphatic hydroxyl groups excluding tert-OH is 1. The van der Waals surface area contributed by atoms with Crippen LogP contribution in [0.5, 0.6) is 5.75 Å². The van der Waals surface area contributed by atoms with Crippen molar-refractivity contribution in [1.82, 2.24) is 4.98 Å². The lowest BCUT2D eigenvalue weighted by atomic mass is 10.2. The molecule has 1 N–H and O–H groups in total. The van der Waals surface area contributed by atoms with Crippen LogP contribution in [-0.2, 0) is 10.5 Å². The molecular formula is C13H21NO3S2. The van der Waals surface area contributed by atoms with Gasteiger partial charge in [-0.2, -0.15) is 0 Å². The summed E-state index contributed by atoms with van der Waals surface area (Å²) < 4.78 is 10.7. The van der Waals surface area contributed by atoms with E-state index in [4.69, 9.17) is 14.6 Å². The van der Waals surface area contributed by atoms with E-state index in [1.165, 1.54) is 0 Å². The lowest BCUT2D eigenvalue weighted by molar-refractivity contribution is 0.172. The number of hydrogen-bond donors (Lipinski definition) is 1. The fourth-order valence-corrected chi connectivity index (χ4v) is 3.28. The third-order valence-corrected chi connectivity index (χ3v) is 4.72. The molecule has 4 nitrogen and oxygen atoms in total. The van der Waals surface area contributed by atoms with E-state index < -0.39 is 0 Å². The van der Waals surface area contributed by atoms with Crippen molar-refractivity contribution in [2.45, 2.75) is 19.1 Å². The van der Waals surface area contributed by atoms with Crippen LogP contribution in [-0.4, -0.2) is 42.8 Å². The first kappa shape index (κ1) is 16.6. The summed E-state index contributed by atoms with van der Waals surface area (Å²) in [4.78, 5) is 4.38. The number of aliphatic hydroxyl groups is 1. The molecule has 0 radical (unpaired) electrons. The van der Waals surface area contributed by atoms with Gasteiger partial charge in [-0.25, -0.2) is 0 Å². The van der Waals surface area contributed by atoms with Crippen molar-refractivity contribution in [3.05, 3.63) is 23.5 Å². The highest BCUT2D eigenvalue weighted by Gasteiger charge is 2.06. The molecule has 108 valence electrons. The lowest BCUT2D eigenvalue weighted by Crippen LogP contribution is -2.04. The molecule has 1 rings (SSSR count). The van der Waals surface area contributed by atoms with Gasteiger partial charge in [-0.05, 0) is 13.0 Å². The maximum absolute atomic E-state index is 8.72. The Hall–Kier alpha value is -0.430. The van der Waals surface area contributed by atoms with E-state index in [2.05, 4.69) is 4.98 Å². The molecule has 0 amide bonds. The average molecular weight is 303 g/mol. The fraction of sp³-hybridized carbons (Fsp3) is 0.615. The van der Waals surface area contributed by atoms with Crippen molar-refractivity contribution in [3.8, 4) is 5.75 Å². The molecule has 0 unspecified atom stereocenters. The van der Waals surface area contributed by atoms with Crippen LogP contribution in [0.15, 0.2) is 12.3 Å². The van der Waals surface area contributed by atoms with Crippen LogP contribution in [0, 0.1) is 6.92 Å². The van der Waals surface area contributed by atoms with Crippen molar-refractivity contribution in [2.24, 2.45) is 0 Å². The van der Waals surface area contributed by atoms with Crippen LogP contribution in [0.2, 0.25) is 0 Å². The van der Waals surface area contributed by atoms with E-state index in [1.807, 2.05) is 13.0 Å². The van der Waals surface area contributed by atoms with E-state index >= 15 is 0 Å². The maximum atomic E-state index is 8.72. The van der Waals surface area contributed by atoms with Gasteiger partial charge in [0.2, 0.25) is 0 Å². The summed E-state index contributed by atoms with van der Waals surface area (Å²) in [7, 11) is 5.05. The van der Waals surface area contributed by atoms with Crippen molar-refractivity contribution < 1.29 is 14.6 Å². The molecule has 0 fully saturated rings. The van der Waals surface area contributed by atoms with Gasteiger partial charge in [0.25, 0.3) is 0 Å². The highest BCUT2D eigenvalue weighted by molar-refractivity contribution is 8.76. The highest BCUT2D eigenvalue weighted by atomic mass is 33.1. The van der Waals surface area contributed by atoms with Crippen LogP contribution < -0.4 is 4.74 Å². The summed E-state index contributed by atoms with van der Waals surface area (Å²) in [6, 6.07) is 1.90. The maximum Gasteiger partial charge on any atom is 0.125 e. The first-order chi connectivity index (χ1) is 9.29. The molecule has 0 spiro atoms. The van der Waals surface area contributed by atoms with Crippen molar-refractivity contribution in [1.29, 1.82) is 0 Å². The van der Waals surface area contributed by atoms with Crippen molar-refractivity contribution in [3.63, 3.8) is 0 Å². The number of nitrogens with zero attached hydrogens (tertiary/aromatic N) is 1. The largest absolute Gasteiger partial charge is 0.493 e. The number of methoxy groups -OCH3 is 1. The summed E-state index contributed by atoms with van der Waals surface area (Å²) in [5.74, 6) is 2.47. The Morgan fingerprint density at radius 3 is 2.89 bits per heavy atom. The SMILES string of the molecule is COCCCOc1ccnc(CSSCCO)c1C. The van der Waals surface area contributed by atoms with Crippen molar-refractivity contribution >= 4 is 21.6 Å². The molecule has 1 heterocycles. The molecule has 19 heavy (non-hydrogen) atoms. The predicted octanol–water partition coefficient (Wildman–Crippen LogP) is 2.68. The Labute approximate surface area is 122 Å². The molecule has 0 aliphatic rings. The lowest BCUT2D eigenvalue weighted by Gasteiger charge is -2.11. The van der Waals surface area contributed by atoms with Crippen LogP contribution >= 0.6 is 21.6 Å². The van der Waals surface area contributed by atoms with Gasteiger partial charge in [0.05, 0.1) is 18.9 Å². The molecule has 0 atom stereocenters. The first-order valence-corrected chi connectivity index (χ1v) is 8.70. The Morgan fingerprint density at radius 1 is 1.32 bits per heavy atom. The van der Waals surface area contributed by atoms with E-state index in [-0.39, 0.29) is 6.61 Å². The van der Waals surface area contributed by atoms with Gasteiger partial charge >= 0.3 is 0 Å². The Kier molecular flexibility index (Phi) is 9.07.